The maximum absolute atomic E-state index is 11.6. The molecule has 1 aliphatic heterocycles. The molecule has 2 rings (SSSR count). The third kappa shape index (κ3) is 3.47. The van der Waals surface area contributed by atoms with Crippen molar-refractivity contribution in [3.8, 4) is 0 Å². The molecular formula is C13H17BrN2O4. The molecule has 110 valence electrons. The SMILES string of the molecule is O=C(O)N(c1cc(Br)cnc1CCO)C1CCOCC1. The lowest BCUT2D eigenvalue weighted by Gasteiger charge is -2.33. The number of pyridine rings is 1. The number of aromatic nitrogens is 1. The van der Waals surface area contributed by atoms with Crippen LogP contribution in [0, 0.1) is 0 Å². The Kier molecular flexibility index (Phi) is 5.33. The number of anilines is 1. The molecule has 0 aromatic carbocycles. The Morgan fingerprint density at radius 2 is 2.20 bits per heavy atom. The number of carbonyl (C=O) groups is 1. The Hall–Kier alpha value is -1.18. The Morgan fingerprint density at radius 3 is 2.80 bits per heavy atom. The minimum atomic E-state index is -1.00. The number of carboxylic acid groups (broad SMARTS) is 1. The van der Waals surface area contributed by atoms with Crippen molar-refractivity contribution >= 4 is 27.7 Å². The van der Waals surface area contributed by atoms with Crippen LogP contribution in [0.5, 0.6) is 0 Å². The molecule has 1 aromatic heterocycles. The van der Waals surface area contributed by atoms with Gasteiger partial charge in [-0.05, 0) is 34.8 Å². The lowest BCUT2D eigenvalue weighted by Crippen LogP contribution is -2.43. The topological polar surface area (TPSA) is 82.9 Å². The van der Waals surface area contributed by atoms with Crippen molar-refractivity contribution in [3.05, 3.63) is 22.4 Å². The van der Waals surface area contributed by atoms with Gasteiger partial charge < -0.3 is 14.9 Å². The molecule has 7 heteroatoms. The highest BCUT2D eigenvalue weighted by Gasteiger charge is 2.29. The normalized spacial score (nSPS) is 16.1. The largest absolute Gasteiger partial charge is 0.465 e. The van der Waals surface area contributed by atoms with Crippen LogP contribution in [0.2, 0.25) is 0 Å². The summed E-state index contributed by atoms with van der Waals surface area (Å²) in [7, 11) is 0. The van der Waals surface area contributed by atoms with Crippen LogP contribution in [0.4, 0.5) is 10.5 Å². The first kappa shape index (κ1) is 15.2. The van der Waals surface area contributed by atoms with Crippen LogP contribution in [-0.2, 0) is 11.2 Å². The molecule has 0 saturated carbocycles. The second-order valence-corrected chi connectivity index (χ2v) is 5.50. The minimum Gasteiger partial charge on any atom is -0.465 e. The number of aliphatic hydroxyl groups is 1. The number of ether oxygens (including phenoxy) is 1. The van der Waals surface area contributed by atoms with Crippen LogP contribution in [0.3, 0.4) is 0 Å². The summed E-state index contributed by atoms with van der Waals surface area (Å²) in [5, 5.41) is 18.6. The Labute approximate surface area is 125 Å². The third-order valence-corrected chi connectivity index (χ3v) is 3.72. The first-order valence-corrected chi connectivity index (χ1v) is 7.28. The van der Waals surface area contributed by atoms with Crippen LogP contribution in [0.1, 0.15) is 18.5 Å². The second kappa shape index (κ2) is 7.01. The Bertz CT molecular complexity index is 477. The van der Waals surface area contributed by atoms with Crippen molar-refractivity contribution in [1.82, 2.24) is 4.98 Å². The summed E-state index contributed by atoms with van der Waals surface area (Å²) in [6.45, 7) is 1.05. The fraction of sp³-hybridized carbons (Fsp3) is 0.538. The quantitative estimate of drug-likeness (QED) is 0.873. The van der Waals surface area contributed by atoms with E-state index in [0.717, 1.165) is 0 Å². The summed E-state index contributed by atoms with van der Waals surface area (Å²) >= 11 is 3.32. The number of halogens is 1. The predicted molar refractivity (Wildman–Crippen MR) is 77.1 cm³/mol. The average molecular weight is 345 g/mol. The first-order valence-electron chi connectivity index (χ1n) is 6.48. The molecule has 0 atom stereocenters. The maximum Gasteiger partial charge on any atom is 0.412 e. The van der Waals surface area contributed by atoms with Crippen molar-refractivity contribution in [1.29, 1.82) is 0 Å². The van der Waals surface area contributed by atoms with Gasteiger partial charge in [0.15, 0.2) is 0 Å². The monoisotopic (exact) mass is 344 g/mol. The van der Waals surface area contributed by atoms with E-state index in [1.165, 1.54) is 4.90 Å². The van der Waals surface area contributed by atoms with Gasteiger partial charge in [-0.15, -0.1) is 0 Å². The van der Waals surface area contributed by atoms with Gasteiger partial charge in [0.05, 0.1) is 11.4 Å². The van der Waals surface area contributed by atoms with E-state index in [1.54, 1.807) is 12.3 Å². The van der Waals surface area contributed by atoms with Gasteiger partial charge in [-0.3, -0.25) is 9.88 Å². The van der Waals surface area contributed by atoms with Gasteiger partial charge in [-0.2, -0.15) is 0 Å². The number of nitrogens with zero attached hydrogens (tertiary/aromatic N) is 2. The van der Waals surface area contributed by atoms with E-state index < -0.39 is 6.09 Å². The van der Waals surface area contributed by atoms with Crippen LogP contribution < -0.4 is 4.90 Å². The van der Waals surface area contributed by atoms with E-state index in [0.29, 0.717) is 48.3 Å². The lowest BCUT2D eigenvalue weighted by atomic mass is 10.1. The number of hydrogen-bond donors (Lipinski definition) is 2. The fourth-order valence-electron chi connectivity index (χ4n) is 2.36. The molecule has 0 aliphatic carbocycles. The zero-order chi connectivity index (χ0) is 14.5. The maximum atomic E-state index is 11.6. The molecule has 2 N–H and O–H groups in total. The summed E-state index contributed by atoms with van der Waals surface area (Å²) in [5.41, 5.74) is 1.12. The third-order valence-electron chi connectivity index (χ3n) is 3.28. The van der Waals surface area contributed by atoms with Gasteiger partial charge in [-0.1, -0.05) is 0 Å². The number of aliphatic hydroxyl groups excluding tert-OH is 1. The Balaban J connectivity index is 2.37. The van der Waals surface area contributed by atoms with E-state index in [-0.39, 0.29) is 12.6 Å². The summed E-state index contributed by atoms with van der Waals surface area (Å²) < 4.78 is 6.00. The highest BCUT2D eigenvalue weighted by atomic mass is 79.9. The van der Waals surface area contributed by atoms with E-state index in [2.05, 4.69) is 20.9 Å². The van der Waals surface area contributed by atoms with Gasteiger partial charge in [0.2, 0.25) is 0 Å². The number of hydrogen-bond acceptors (Lipinski definition) is 4. The van der Waals surface area contributed by atoms with Crippen LogP contribution in [0.25, 0.3) is 0 Å². The molecule has 0 radical (unpaired) electrons. The average Bonchev–Trinajstić information content (AvgIpc) is 2.43. The van der Waals surface area contributed by atoms with E-state index >= 15 is 0 Å². The molecule has 1 aliphatic rings. The highest BCUT2D eigenvalue weighted by molar-refractivity contribution is 9.10. The summed E-state index contributed by atoms with van der Waals surface area (Å²) in [6.07, 6.45) is 2.26. The predicted octanol–water partition coefficient (Wildman–Crippen LogP) is 2.04. The van der Waals surface area contributed by atoms with Crippen LogP contribution in [0.15, 0.2) is 16.7 Å². The molecule has 6 nitrogen and oxygen atoms in total. The van der Waals surface area contributed by atoms with Crippen LogP contribution in [-0.4, -0.2) is 47.2 Å². The van der Waals surface area contributed by atoms with E-state index in [4.69, 9.17) is 9.84 Å². The summed E-state index contributed by atoms with van der Waals surface area (Å²) in [5.74, 6) is 0. The molecule has 0 bridgehead atoms. The van der Waals surface area contributed by atoms with Gasteiger partial charge in [0.25, 0.3) is 0 Å². The smallest absolute Gasteiger partial charge is 0.412 e. The highest BCUT2D eigenvalue weighted by Crippen LogP contribution is 2.28. The van der Waals surface area contributed by atoms with Gasteiger partial charge in [0.1, 0.15) is 0 Å². The van der Waals surface area contributed by atoms with E-state index in [9.17, 15) is 9.90 Å². The molecule has 2 heterocycles. The fourth-order valence-corrected chi connectivity index (χ4v) is 2.68. The zero-order valence-corrected chi connectivity index (χ0v) is 12.5. The molecule has 20 heavy (non-hydrogen) atoms. The zero-order valence-electron chi connectivity index (χ0n) is 11.0. The number of amides is 1. The van der Waals surface area contributed by atoms with Crippen molar-refractivity contribution in [2.24, 2.45) is 0 Å². The first-order chi connectivity index (χ1) is 9.63. The molecule has 1 fully saturated rings. The summed E-state index contributed by atoms with van der Waals surface area (Å²) in [6, 6.07) is 1.62. The molecular weight excluding hydrogens is 328 g/mol. The second-order valence-electron chi connectivity index (χ2n) is 4.59. The lowest BCUT2D eigenvalue weighted by molar-refractivity contribution is 0.0837. The van der Waals surface area contributed by atoms with E-state index in [1.807, 2.05) is 0 Å². The number of rotatable bonds is 4. The molecule has 1 saturated heterocycles. The van der Waals surface area contributed by atoms with Gasteiger partial charge >= 0.3 is 6.09 Å². The van der Waals surface area contributed by atoms with Crippen molar-refractivity contribution in [2.75, 3.05) is 24.7 Å². The standard InChI is InChI=1S/C13H17BrN2O4/c14-9-7-12(11(1-4-17)15-8-9)16(13(18)19)10-2-5-20-6-3-10/h7-8,10,17H,1-6H2,(H,18,19). The van der Waals surface area contributed by atoms with Crippen molar-refractivity contribution < 1.29 is 19.7 Å². The molecule has 0 spiro atoms. The van der Waals surface area contributed by atoms with Crippen LogP contribution >= 0.6 is 15.9 Å². The molecule has 1 aromatic rings. The molecule has 0 unspecified atom stereocenters. The van der Waals surface area contributed by atoms with Crippen molar-refractivity contribution in [2.45, 2.75) is 25.3 Å². The van der Waals surface area contributed by atoms with Gasteiger partial charge in [0, 0.05) is 43.0 Å². The van der Waals surface area contributed by atoms with Gasteiger partial charge in [-0.25, -0.2) is 4.79 Å². The summed E-state index contributed by atoms with van der Waals surface area (Å²) in [4.78, 5) is 17.2. The minimum absolute atomic E-state index is 0.0666. The molecule has 1 amide bonds. The Morgan fingerprint density at radius 1 is 1.50 bits per heavy atom. The van der Waals surface area contributed by atoms with Crippen molar-refractivity contribution in [3.63, 3.8) is 0 Å².